The zero-order valence-electron chi connectivity index (χ0n) is 32.9. The number of methoxy groups -OCH3 is 4. The first-order valence-corrected chi connectivity index (χ1v) is 18.0. The van der Waals surface area contributed by atoms with E-state index in [0.717, 1.165) is 56.6 Å². The number of aromatic nitrogens is 4. The number of carbonyl (C=O) groups is 2. The maximum atomic E-state index is 10.8. The zero-order valence-corrected chi connectivity index (χ0v) is 36.3. The fourth-order valence-corrected chi connectivity index (χ4v) is 5.10. The quantitative estimate of drug-likeness (QED) is 0.0666. The third kappa shape index (κ3) is 15.9. The maximum absolute atomic E-state index is 10.8. The summed E-state index contributed by atoms with van der Waals surface area (Å²) in [5.74, 6) is 0.935. The van der Waals surface area contributed by atoms with Crippen LogP contribution in [0.1, 0.15) is 43.0 Å². The predicted molar refractivity (Wildman–Crippen MR) is 238 cm³/mol. The minimum Gasteiger partial charge on any atom is -0.753 e. The number of nitrogens with zero attached hydrogens (tertiary/aromatic N) is 6. The Balaban J connectivity index is 0.000000428. The summed E-state index contributed by atoms with van der Waals surface area (Å²) in [6.45, 7) is 0. The Morgan fingerprint density at radius 1 is 0.525 bits per heavy atom. The summed E-state index contributed by atoms with van der Waals surface area (Å²) < 4.78 is 21.6. The van der Waals surface area contributed by atoms with Crippen molar-refractivity contribution in [1.82, 2.24) is 19.9 Å². The Bertz CT molecular complexity index is 2370. The zero-order chi connectivity index (χ0) is 43.9. The summed E-state index contributed by atoms with van der Waals surface area (Å²) in [7, 11) is 6.60. The van der Waals surface area contributed by atoms with Gasteiger partial charge in [0.05, 0.1) is 62.3 Å². The van der Waals surface area contributed by atoms with Crippen molar-refractivity contribution in [2.24, 2.45) is 0 Å². The van der Waals surface area contributed by atoms with E-state index in [4.69, 9.17) is 40.0 Å². The van der Waals surface area contributed by atoms with Crippen molar-refractivity contribution in [3.8, 4) is 45.8 Å². The predicted octanol–water partition coefficient (Wildman–Crippen LogP) is 9.37. The van der Waals surface area contributed by atoms with Crippen LogP contribution in [-0.2, 0) is 19.5 Å². The molecule has 310 valence electrons. The van der Waals surface area contributed by atoms with Crippen LogP contribution in [0.25, 0.3) is 57.9 Å². The molecule has 0 aliphatic carbocycles. The van der Waals surface area contributed by atoms with Crippen LogP contribution in [0.2, 0.25) is 0 Å². The number of rotatable bonds is 12. The van der Waals surface area contributed by atoms with Crippen molar-refractivity contribution in [2.45, 2.75) is 0 Å². The van der Waals surface area contributed by atoms with Gasteiger partial charge < -0.3 is 40.0 Å². The van der Waals surface area contributed by atoms with Gasteiger partial charge >= 0.3 is 31.4 Å². The first kappa shape index (κ1) is 50.0. The number of hydrogen-bond donors (Lipinski definition) is 2. The van der Waals surface area contributed by atoms with E-state index >= 15 is 0 Å². The van der Waals surface area contributed by atoms with E-state index < -0.39 is 11.9 Å². The van der Waals surface area contributed by atoms with E-state index in [1.807, 2.05) is 85.0 Å². The van der Waals surface area contributed by atoms with Crippen molar-refractivity contribution in [1.29, 1.82) is 0 Å². The minimum atomic E-state index is -1.08. The van der Waals surface area contributed by atoms with Gasteiger partial charge in [0, 0.05) is 35.9 Å². The van der Waals surface area contributed by atoms with Gasteiger partial charge in [-0.2, -0.15) is 10.3 Å². The second kappa shape index (κ2) is 26.8. The Morgan fingerprint density at radius 2 is 0.852 bits per heavy atom. The second-order valence-electron chi connectivity index (χ2n) is 11.5. The molecule has 0 atom stereocenters. The Hall–Kier alpha value is -7.12. The SMILES string of the molecule is COc1ccc(OC)c(/C=C/c2ccnc(-c3cc(/C=C/c4cc(OC)ccc4OC)ccn3)c2)c1.O=C(O)c1ccnc(-c2cc(C(=O)O)ccn2)c1.[N-]=C=S.[N-]=C=S.[Ru+2]. The van der Waals surface area contributed by atoms with Crippen LogP contribution >= 0.6 is 24.4 Å². The summed E-state index contributed by atoms with van der Waals surface area (Å²) in [6.07, 6.45) is 14.3. The Labute approximate surface area is 375 Å². The molecule has 4 aromatic heterocycles. The molecule has 61 heavy (non-hydrogen) atoms. The van der Waals surface area contributed by atoms with Gasteiger partial charge in [0.1, 0.15) is 23.0 Å². The number of hydrogen-bond acceptors (Lipinski definition) is 12. The van der Waals surface area contributed by atoms with E-state index in [9.17, 15) is 9.59 Å². The smallest absolute Gasteiger partial charge is 0.753 e. The van der Waals surface area contributed by atoms with Crippen LogP contribution in [-0.4, -0.2) is 80.8 Å². The van der Waals surface area contributed by atoms with Gasteiger partial charge in [0.15, 0.2) is 0 Å². The van der Waals surface area contributed by atoms with Gasteiger partial charge in [-0.1, -0.05) is 48.7 Å². The van der Waals surface area contributed by atoms with Gasteiger partial charge in [-0.15, -0.1) is 0 Å². The summed E-state index contributed by atoms with van der Waals surface area (Å²) in [5.41, 5.74) is 6.18. The maximum Gasteiger partial charge on any atom is 2.00 e. The number of aromatic carboxylic acids is 2. The van der Waals surface area contributed by atoms with Gasteiger partial charge in [-0.3, -0.25) is 19.9 Å². The van der Waals surface area contributed by atoms with Gasteiger partial charge in [0.2, 0.25) is 0 Å². The summed E-state index contributed by atoms with van der Waals surface area (Å²) >= 11 is 7.40. The minimum absolute atomic E-state index is 0. The number of carboxylic acids is 2. The van der Waals surface area contributed by atoms with Crippen molar-refractivity contribution in [3.05, 3.63) is 154 Å². The van der Waals surface area contributed by atoms with E-state index in [2.05, 4.69) is 44.4 Å². The summed E-state index contributed by atoms with van der Waals surface area (Å²) in [6, 6.07) is 24.7. The van der Waals surface area contributed by atoms with Crippen LogP contribution in [0.4, 0.5) is 0 Å². The average Bonchev–Trinajstić information content (AvgIpc) is 3.28. The molecule has 0 aliphatic heterocycles. The molecule has 6 aromatic rings. The molecule has 14 nitrogen and oxygen atoms in total. The molecule has 0 spiro atoms. The molecule has 0 amide bonds. The van der Waals surface area contributed by atoms with Crippen LogP contribution in [0, 0.1) is 0 Å². The number of carboxylic acid groups (broad SMARTS) is 2. The van der Waals surface area contributed by atoms with E-state index in [-0.39, 0.29) is 30.6 Å². The largest absolute Gasteiger partial charge is 2.00 e. The molecule has 0 unspecified atom stereocenters. The molecule has 0 radical (unpaired) electrons. The third-order valence-electron chi connectivity index (χ3n) is 7.89. The van der Waals surface area contributed by atoms with Gasteiger partial charge in [0.25, 0.3) is 0 Å². The molecule has 2 aromatic carbocycles. The number of benzene rings is 2. The van der Waals surface area contributed by atoms with Crippen molar-refractivity contribution >= 4 is 71.0 Å². The fraction of sp³-hybridized carbons (Fsp3) is 0.0909. The van der Waals surface area contributed by atoms with Crippen LogP contribution in [0.15, 0.2) is 110 Å². The molecule has 0 fully saturated rings. The number of pyridine rings is 4. The van der Waals surface area contributed by atoms with Crippen LogP contribution in [0.3, 0.4) is 0 Å². The standard InChI is InChI=1S/C30H28N2O4.C12H8N2O4.2CNS.Ru/c1-33-25-9-11-29(35-3)23(19-25)7-5-21-13-15-31-27(17-21)28-18-22(14-16-32-28)6-8-24-20-26(34-2)10-12-30(24)36-4;15-11(16)7-1-3-13-9(5-7)10-6-8(12(17)18)2-4-14-10;2*2-1-3;/h5-20H,1-4H3;1-6H,(H,15,16)(H,17,18);;;/q;;2*-1;+2/b7-5+,8-6+;;;;. The summed E-state index contributed by atoms with van der Waals surface area (Å²) in [4.78, 5) is 38.6. The normalized spacial score (nSPS) is 9.77. The first-order chi connectivity index (χ1) is 29.0. The Kier molecular flexibility index (Phi) is 22.0. The van der Waals surface area contributed by atoms with Crippen LogP contribution < -0.4 is 18.9 Å². The summed E-state index contributed by atoms with van der Waals surface area (Å²) in [5, 5.41) is 34.6. The number of ether oxygens (including phenoxy) is 4. The molecular weight excluding hydrogens is 906 g/mol. The average molecular weight is 942 g/mol. The van der Waals surface area contributed by atoms with Crippen molar-refractivity contribution in [3.63, 3.8) is 0 Å². The molecule has 6 rings (SSSR count). The monoisotopic (exact) mass is 942 g/mol. The topological polar surface area (TPSA) is 208 Å². The van der Waals surface area contributed by atoms with E-state index in [1.165, 1.54) is 47.0 Å². The number of isothiocyanates is 2. The van der Waals surface area contributed by atoms with Crippen molar-refractivity contribution in [2.75, 3.05) is 28.4 Å². The van der Waals surface area contributed by atoms with Crippen molar-refractivity contribution < 1.29 is 58.2 Å². The third-order valence-corrected chi connectivity index (χ3v) is 7.89. The molecule has 17 heteroatoms. The molecule has 0 saturated heterocycles. The molecule has 0 bridgehead atoms. The Morgan fingerprint density at radius 3 is 1.16 bits per heavy atom. The fourth-order valence-electron chi connectivity index (χ4n) is 5.10. The molecule has 0 aliphatic rings. The van der Waals surface area contributed by atoms with Crippen LogP contribution in [0.5, 0.6) is 23.0 Å². The molecule has 0 saturated carbocycles. The number of thiocarbonyl (C=S) groups is 2. The van der Waals surface area contributed by atoms with Gasteiger partial charge in [-0.25, -0.2) is 9.59 Å². The molecular formula is C44H36N6O8RuS2. The second-order valence-corrected chi connectivity index (χ2v) is 11.8. The van der Waals surface area contributed by atoms with E-state index in [1.54, 1.807) is 40.8 Å². The van der Waals surface area contributed by atoms with Gasteiger partial charge in [-0.05, 0) is 96.1 Å². The molecule has 4 heterocycles. The first-order valence-electron chi connectivity index (χ1n) is 17.2. The molecule has 2 N–H and O–H groups in total. The van der Waals surface area contributed by atoms with E-state index in [0.29, 0.717) is 11.4 Å².